The average molecular weight is 184 g/mol. The summed E-state index contributed by atoms with van der Waals surface area (Å²) in [7, 11) is 0. The van der Waals surface area contributed by atoms with Crippen molar-refractivity contribution in [2.45, 2.75) is 12.1 Å². The number of amides is 1. The highest BCUT2D eigenvalue weighted by molar-refractivity contribution is 5.66. The summed E-state index contributed by atoms with van der Waals surface area (Å²) in [4.78, 5) is 11.7. The standard InChI is InChI=1S/C8H9FN2O2/c9-8(1-2-10)5-3-11(7(12)13)4-6(5)8/h5-6H,1,3-4H2,(H,12,13). The second-order valence-electron chi connectivity index (χ2n) is 3.66. The van der Waals surface area contributed by atoms with Crippen LogP contribution in [0, 0.1) is 23.2 Å². The highest BCUT2D eigenvalue weighted by atomic mass is 19.1. The van der Waals surface area contributed by atoms with E-state index >= 15 is 0 Å². The first-order valence-corrected chi connectivity index (χ1v) is 4.13. The number of piperidine rings is 1. The summed E-state index contributed by atoms with van der Waals surface area (Å²) in [6.07, 6.45) is -1.10. The van der Waals surface area contributed by atoms with Gasteiger partial charge in [0.05, 0.1) is 12.5 Å². The molecule has 5 heteroatoms. The molecule has 0 aromatic rings. The van der Waals surface area contributed by atoms with Gasteiger partial charge >= 0.3 is 6.09 Å². The molecular formula is C8H9FN2O2. The Morgan fingerprint density at radius 3 is 2.62 bits per heavy atom. The van der Waals surface area contributed by atoms with E-state index in [9.17, 15) is 9.18 Å². The van der Waals surface area contributed by atoms with Gasteiger partial charge in [0.1, 0.15) is 5.67 Å². The molecule has 0 radical (unpaired) electrons. The summed E-state index contributed by atoms with van der Waals surface area (Å²) < 4.78 is 13.6. The molecule has 2 fully saturated rings. The van der Waals surface area contributed by atoms with E-state index < -0.39 is 11.8 Å². The van der Waals surface area contributed by atoms with E-state index in [4.69, 9.17) is 10.4 Å². The number of fused-ring (bicyclic) bond motifs is 1. The molecule has 1 N–H and O–H groups in total. The van der Waals surface area contributed by atoms with E-state index in [2.05, 4.69) is 0 Å². The van der Waals surface area contributed by atoms with Crippen LogP contribution in [-0.2, 0) is 0 Å². The fraction of sp³-hybridized carbons (Fsp3) is 0.750. The molecule has 2 aliphatic rings. The van der Waals surface area contributed by atoms with Gasteiger partial charge in [-0.2, -0.15) is 5.26 Å². The lowest BCUT2D eigenvalue weighted by Crippen LogP contribution is -2.33. The molecule has 2 rings (SSSR count). The Hall–Kier alpha value is -1.31. The molecule has 0 spiro atoms. The molecule has 4 nitrogen and oxygen atoms in total. The number of hydrogen-bond acceptors (Lipinski definition) is 2. The maximum Gasteiger partial charge on any atom is 0.407 e. The fourth-order valence-corrected chi connectivity index (χ4v) is 2.21. The molecule has 1 amide bonds. The van der Waals surface area contributed by atoms with Crippen molar-refractivity contribution in [3.05, 3.63) is 0 Å². The van der Waals surface area contributed by atoms with Crippen LogP contribution in [0.5, 0.6) is 0 Å². The van der Waals surface area contributed by atoms with E-state index in [-0.39, 0.29) is 31.3 Å². The van der Waals surface area contributed by atoms with Gasteiger partial charge in [-0.1, -0.05) is 0 Å². The van der Waals surface area contributed by atoms with Crippen molar-refractivity contribution in [3.8, 4) is 6.07 Å². The number of alkyl halides is 1. The molecular weight excluding hydrogens is 175 g/mol. The molecule has 1 saturated carbocycles. The number of halogens is 1. The average Bonchev–Trinajstić information content (AvgIpc) is 2.51. The minimum absolute atomic E-state index is 0.101. The van der Waals surface area contributed by atoms with E-state index in [0.717, 1.165) is 0 Å². The quantitative estimate of drug-likeness (QED) is 0.657. The van der Waals surface area contributed by atoms with Crippen LogP contribution < -0.4 is 0 Å². The van der Waals surface area contributed by atoms with Crippen LogP contribution in [0.2, 0.25) is 0 Å². The van der Waals surface area contributed by atoms with Gasteiger partial charge in [0.25, 0.3) is 0 Å². The highest BCUT2D eigenvalue weighted by Gasteiger charge is 2.70. The predicted molar refractivity (Wildman–Crippen MR) is 40.6 cm³/mol. The molecule has 1 heterocycles. The van der Waals surface area contributed by atoms with Crippen molar-refractivity contribution in [1.29, 1.82) is 5.26 Å². The summed E-state index contributed by atoms with van der Waals surface area (Å²) in [5.41, 5.74) is -1.39. The predicted octanol–water partition coefficient (Wildman–Crippen LogP) is 0.848. The number of carboxylic acid groups (broad SMARTS) is 1. The van der Waals surface area contributed by atoms with E-state index in [1.54, 1.807) is 6.07 Å². The minimum atomic E-state index is -1.39. The topological polar surface area (TPSA) is 64.3 Å². The minimum Gasteiger partial charge on any atom is -0.465 e. The molecule has 2 atom stereocenters. The van der Waals surface area contributed by atoms with E-state index in [1.807, 2.05) is 0 Å². The normalized spacial score (nSPS) is 41.1. The first-order chi connectivity index (χ1) is 6.09. The van der Waals surface area contributed by atoms with Gasteiger partial charge in [0.2, 0.25) is 0 Å². The number of rotatable bonds is 1. The summed E-state index contributed by atoms with van der Waals surface area (Å²) >= 11 is 0. The van der Waals surface area contributed by atoms with Crippen LogP contribution in [0.3, 0.4) is 0 Å². The van der Waals surface area contributed by atoms with Crippen molar-refractivity contribution in [2.75, 3.05) is 13.1 Å². The van der Waals surface area contributed by atoms with Crippen molar-refractivity contribution in [1.82, 2.24) is 4.90 Å². The number of hydrogen-bond donors (Lipinski definition) is 1. The first kappa shape index (κ1) is 8.30. The summed E-state index contributed by atoms with van der Waals surface area (Å²) in [6.45, 7) is 0.496. The third kappa shape index (κ3) is 0.981. The van der Waals surface area contributed by atoms with Gasteiger partial charge in [-0.3, -0.25) is 0 Å². The largest absolute Gasteiger partial charge is 0.465 e. The highest BCUT2D eigenvalue weighted by Crippen LogP contribution is 2.59. The Morgan fingerprint density at radius 2 is 2.23 bits per heavy atom. The van der Waals surface area contributed by atoms with Crippen molar-refractivity contribution >= 4 is 6.09 Å². The zero-order valence-corrected chi connectivity index (χ0v) is 6.90. The van der Waals surface area contributed by atoms with Gasteiger partial charge < -0.3 is 10.0 Å². The van der Waals surface area contributed by atoms with Gasteiger partial charge in [0.15, 0.2) is 0 Å². The molecule has 0 aromatic carbocycles. The summed E-state index contributed by atoms with van der Waals surface area (Å²) in [6, 6.07) is 1.80. The van der Waals surface area contributed by atoms with Crippen molar-refractivity contribution in [2.24, 2.45) is 11.8 Å². The second kappa shape index (κ2) is 2.34. The Bertz CT molecular complexity index is 287. The van der Waals surface area contributed by atoms with E-state index in [0.29, 0.717) is 0 Å². The SMILES string of the molecule is N#CCC1(F)C2CN(C(=O)O)CC21. The maximum atomic E-state index is 13.6. The second-order valence-corrected chi connectivity index (χ2v) is 3.66. The van der Waals surface area contributed by atoms with Crippen LogP contribution in [-0.4, -0.2) is 34.9 Å². The molecule has 1 saturated heterocycles. The lowest BCUT2D eigenvalue weighted by Gasteiger charge is -2.17. The number of nitriles is 1. The lowest BCUT2D eigenvalue weighted by atomic mass is 10.2. The number of likely N-dealkylation sites (tertiary alicyclic amines) is 1. The van der Waals surface area contributed by atoms with Gasteiger partial charge in [-0.05, 0) is 0 Å². The van der Waals surface area contributed by atoms with Gasteiger partial charge in [-0.15, -0.1) is 0 Å². The Balaban J connectivity index is 1.97. The van der Waals surface area contributed by atoms with Crippen LogP contribution in [0.1, 0.15) is 6.42 Å². The molecule has 0 bridgehead atoms. The van der Waals surface area contributed by atoms with Gasteiger partial charge in [-0.25, -0.2) is 9.18 Å². The molecule has 13 heavy (non-hydrogen) atoms. The summed E-state index contributed by atoms with van der Waals surface area (Å²) in [5, 5.41) is 16.9. The molecule has 1 aliphatic carbocycles. The molecule has 70 valence electrons. The monoisotopic (exact) mass is 184 g/mol. The molecule has 0 aromatic heterocycles. The lowest BCUT2D eigenvalue weighted by molar-refractivity contribution is 0.134. The zero-order chi connectivity index (χ0) is 9.64. The number of carbonyl (C=O) groups is 1. The molecule has 1 aliphatic heterocycles. The van der Waals surface area contributed by atoms with Crippen LogP contribution in [0.4, 0.5) is 9.18 Å². The Kier molecular flexibility index (Phi) is 1.50. The first-order valence-electron chi connectivity index (χ1n) is 4.13. The molecule has 2 unspecified atom stereocenters. The van der Waals surface area contributed by atoms with Crippen molar-refractivity contribution < 1.29 is 14.3 Å². The third-order valence-corrected chi connectivity index (χ3v) is 3.06. The zero-order valence-electron chi connectivity index (χ0n) is 6.90. The number of nitrogens with zero attached hydrogens (tertiary/aromatic N) is 2. The van der Waals surface area contributed by atoms with Gasteiger partial charge in [0, 0.05) is 24.9 Å². The van der Waals surface area contributed by atoms with Crippen LogP contribution in [0.25, 0.3) is 0 Å². The van der Waals surface area contributed by atoms with Crippen LogP contribution in [0.15, 0.2) is 0 Å². The van der Waals surface area contributed by atoms with Crippen molar-refractivity contribution in [3.63, 3.8) is 0 Å². The van der Waals surface area contributed by atoms with Crippen LogP contribution >= 0.6 is 0 Å². The smallest absolute Gasteiger partial charge is 0.407 e. The Morgan fingerprint density at radius 1 is 1.69 bits per heavy atom. The Labute approximate surface area is 74.6 Å². The maximum absolute atomic E-state index is 13.6. The third-order valence-electron chi connectivity index (χ3n) is 3.06. The van der Waals surface area contributed by atoms with E-state index in [1.165, 1.54) is 4.90 Å². The fourth-order valence-electron chi connectivity index (χ4n) is 2.21. The summed E-state index contributed by atoms with van der Waals surface area (Å²) in [5.74, 6) is -0.466.